The summed E-state index contributed by atoms with van der Waals surface area (Å²) < 4.78 is 5.07. The van der Waals surface area contributed by atoms with Crippen LogP contribution in [0.3, 0.4) is 0 Å². The molecule has 122 valence electrons. The minimum Gasteiger partial charge on any atom is -0.462 e. The third-order valence-corrected chi connectivity index (χ3v) is 6.79. The number of cyclic esters (lactones) is 1. The molecule has 0 aromatic carbocycles. The minimum absolute atomic E-state index is 0.105. The fourth-order valence-electron chi connectivity index (χ4n) is 5.60. The number of rotatable bonds is 2. The van der Waals surface area contributed by atoms with Crippen LogP contribution in [0.2, 0.25) is 0 Å². The van der Waals surface area contributed by atoms with E-state index in [-0.39, 0.29) is 5.97 Å². The average molecular weight is 302 g/mol. The Labute approximate surface area is 135 Å². The predicted molar refractivity (Wildman–Crippen MR) is 89.4 cm³/mol. The lowest BCUT2D eigenvalue weighted by atomic mass is 9.47. The Balaban J connectivity index is 1.84. The largest absolute Gasteiger partial charge is 0.462 e. The molecule has 22 heavy (non-hydrogen) atoms. The van der Waals surface area contributed by atoms with Crippen LogP contribution >= 0.6 is 0 Å². The summed E-state index contributed by atoms with van der Waals surface area (Å²) >= 11 is 0. The van der Waals surface area contributed by atoms with Crippen molar-refractivity contribution < 1.29 is 9.53 Å². The predicted octanol–water partition coefficient (Wildman–Crippen LogP) is 5.05. The van der Waals surface area contributed by atoms with E-state index in [4.69, 9.17) is 4.74 Å². The highest BCUT2D eigenvalue weighted by atomic mass is 16.5. The second-order valence-electron chi connectivity index (χ2n) is 8.50. The van der Waals surface area contributed by atoms with E-state index in [1.807, 2.05) is 0 Å². The number of fused-ring (bicyclic) bond motifs is 1. The number of esters is 1. The monoisotopic (exact) mass is 302 g/mol. The van der Waals surface area contributed by atoms with Gasteiger partial charge in [-0.05, 0) is 54.8 Å². The van der Waals surface area contributed by atoms with Crippen LogP contribution in [0, 0.1) is 22.7 Å². The van der Waals surface area contributed by atoms with Gasteiger partial charge in [-0.3, -0.25) is 0 Å². The molecule has 0 aromatic heterocycles. The maximum absolute atomic E-state index is 11.7. The van der Waals surface area contributed by atoms with Crippen molar-refractivity contribution in [1.82, 2.24) is 0 Å². The fraction of sp³-hybridized carbons (Fsp3) is 0.750. The van der Waals surface area contributed by atoms with Gasteiger partial charge >= 0.3 is 5.97 Å². The first-order valence-electron chi connectivity index (χ1n) is 8.88. The number of carbonyl (C=O) groups is 1. The van der Waals surface area contributed by atoms with Gasteiger partial charge in [-0.15, -0.1) is 0 Å². The summed E-state index contributed by atoms with van der Waals surface area (Å²) in [6.07, 6.45) is 10.3. The fourth-order valence-corrected chi connectivity index (χ4v) is 5.60. The molecule has 3 fully saturated rings. The molecule has 2 heteroatoms. The molecule has 0 N–H and O–H groups in total. The van der Waals surface area contributed by atoms with Gasteiger partial charge in [-0.2, -0.15) is 0 Å². The summed E-state index contributed by atoms with van der Waals surface area (Å²) in [7, 11) is 0. The Kier molecular flexibility index (Phi) is 3.99. The Morgan fingerprint density at radius 2 is 2.05 bits per heavy atom. The quantitative estimate of drug-likeness (QED) is 0.405. The minimum atomic E-state index is -0.105. The first kappa shape index (κ1) is 15.8. The van der Waals surface area contributed by atoms with Crippen LogP contribution in [-0.2, 0) is 9.53 Å². The van der Waals surface area contributed by atoms with Gasteiger partial charge in [0.25, 0.3) is 0 Å². The molecule has 0 amide bonds. The van der Waals surface area contributed by atoms with Gasteiger partial charge in [0.2, 0.25) is 0 Å². The van der Waals surface area contributed by atoms with Crippen LogP contribution in [-0.4, -0.2) is 12.6 Å². The molecular formula is C20H30O2. The lowest BCUT2D eigenvalue weighted by molar-refractivity contribution is -0.135. The molecule has 1 heterocycles. The molecule has 2 aliphatic carbocycles. The van der Waals surface area contributed by atoms with Crippen LogP contribution in [0.5, 0.6) is 0 Å². The number of carbonyl (C=O) groups excluding carboxylic acids is 1. The van der Waals surface area contributed by atoms with E-state index in [2.05, 4.69) is 33.4 Å². The molecule has 1 aliphatic heterocycles. The van der Waals surface area contributed by atoms with Crippen molar-refractivity contribution in [2.24, 2.45) is 22.7 Å². The van der Waals surface area contributed by atoms with Crippen LogP contribution in [0.1, 0.15) is 65.7 Å². The van der Waals surface area contributed by atoms with Gasteiger partial charge in [0.1, 0.15) is 0 Å². The lowest BCUT2D eigenvalue weighted by Crippen LogP contribution is -2.49. The molecule has 2 saturated carbocycles. The molecule has 3 atom stereocenters. The highest BCUT2D eigenvalue weighted by Crippen LogP contribution is 2.61. The van der Waals surface area contributed by atoms with Crippen molar-refractivity contribution in [2.45, 2.75) is 65.7 Å². The second-order valence-corrected chi connectivity index (χ2v) is 8.50. The number of ether oxygens (including phenoxy) is 1. The van der Waals surface area contributed by atoms with Crippen molar-refractivity contribution >= 4 is 5.97 Å². The summed E-state index contributed by atoms with van der Waals surface area (Å²) in [6.45, 7) is 12.3. The zero-order chi connectivity index (χ0) is 16.0. The molecule has 1 saturated heterocycles. The van der Waals surface area contributed by atoms with Gasteiger partial charge in [-0.25, -0.2) is 4.79 Å². The normalized spacial score (nSPS) is 39.7. The SMILES string of the molecule is C=C1CC[C@H]2C(C)(C)CCC[C@]2(C)[C@H]1CC=C1CCOC1=O. The lowest BCUT2D eigenvalue weighted by Gasteiger charge is -2.58. The van der Waals surface area contributed by atoms with Crippen molar-refractivity contribution in [2.75, 3.05) is 6.61 Å². The summed E-state index contributed by atoms with van der Waals surface area (Å²) in [4.78, 5) is 11.7. The smallest absolute Gasteiger partial charge is 0.333 e. The average Bonchev–Trinajstić information content (AvgIpc) is 2.82. The standard InChI is InChI=1S/C20H30O2/c1-14-6-9-17-19(2,3)11-5-12-20(17,4)16(14)8-7-15-10-13-22-18(15)21/h7,16-17H,1,5-6,8-13H2,2-4H3/t16-,17-,20+/m0/s1. The Hall–Kier alpha value is -1.05. The third kappa shape index (κ3) is 2.55. The summed E-state index contributed by atoms with van der Waals surface area (Å²) in [5.41, 5.74) is 3.07. The molecule has 3 rings (SSSR count). The van der Waals surface area contributed by atoms with Crippen LogP contribution in [0.25, 0.3) is 0 Å². The third-order valence-electron chi connectivity index (χ3n) is 6.79. The van der Waals surface area contributed by atoms with E-state index in [1.165, 1.54) is 31.3 Å². The molecule has 2 nitrogen and oxygen atoms in total. The Bertz CT molecular complexity index is 514. The summed E-state index contributed by atoms with van der Waals surface area (Å²) in [6, 6.07) is 0. The van der Waals surface area contributed by atoms with E-state index in [0.717, 1.165) is 30.8 Å². The van der Waals surface area contributed by atoms with Crippen molar-refractivity contribution in [3.8, 4) is 0 Å². The summed E-state index contributed by atoms with van der Waals surface area (Å²) in [5.74, 6) is 1.19. The van der Waals surface area contributed by atoms with E-state index < -0.39 is 0 Å². The number of hydrogen-bond acceptors (Lipinski definition) is 2. The van der Waals surface area contributed by atoms with Crippen molar-refractivity contribution in [3.63, 3.8) is 0 Å². The van der Waals surface area contributed by atoms with Crippen molar-refractivity contribution in [1.29, 1.82) is 0 Å². The maximum Gasteiger partial charge on any atom is 0.333 e. The molecular weight excluding hydrogens is 272 g/mol. The van der Waals surface area contributed by atoms with Gasteiger partial charge < -0.3 is 4.74 Å². The number of allylic oxidation sites excluding steroid dienone is 2. The van der Waals surface area contributed by atoms with Crippen LogP contribution in [0.4, 0.5) is 0 Å². The Morgan fingerprint density at radius 3 is 2.73 bits per heavy atom. The van der Waals surface area contributed by atoms with Gasteiger partial charge in [0.05, 0.1) is 6.61 Å². The Morgan fingerprint density at radius 1 is 1.27 bits per heavy atom. The number of hydrogen-bond donors (Lipinski definition) is 0. The first-order valence-corrected chi connectivity index (χ1v) is 8.88. The van der Waals surface area contributed by atoms with Crippen molar-refractivity contribution in [3.05, 3.63) is 23.8 Å². The zero-order valence-electron chi connectivity index (χ0n) is 14.4. The first-order chi connectivity index (χ1) is 10.3. The van der Waals surface area contributed by atoms with E-state index >= 15 is 0 Å². The molecule has 0 bridgehead atoms. The molecule has 0 radical (unpaired) electrons. The second kappa shape index (κ2) is 5.54. The molecule has 0 unspecified atom stereocenters. The van der Waals surface area contributed by atoms with E-state index in [0.29, 0.717) is 23.4 Å². The van der Waals surface area contributed by atoms with Crippen LogP contribution < -0.4 is 0 Å². The van der Waals surface area contributed by atoms with E-state index in [9.17, 15) is 4.79 Å². The molecule has 0 spiro atoms. The maximum atomic E-state index is 11.7. The van der Waals surface area contributed by atoms with E-state index in [1.54, 1.807) is 0 Å². The topological polar surface area (TPSA) is 26.3 Å². The summed E-state index contributed by atoms with van der Waals surface area (Å²) in [5, 5.41) is 0. The van der Waals surface area contributed by atoms with Crippen LogP contribution in [0.15, 0.2) is 23.8 Å². The van der Waals surface area contributed by atoms with Gasteiger partial charge in [0, 0.05) is 12.0 Å². The van der Waals surface area contributed by atoms with Gasteiger partial charge in [-0.1, -0.05) is 45.4 Å². The molecule has 0 aromatic rings. The highest BCUT2D eigenvalue weighted by molar-refractivity contribution is 5.90. The zero-order valence-corrected chi connectivity index (χ0v) is 14.4. The van der Waals surface area contributed by atoms with Gasteiger partial charge in [0.15, 0.2) is 0 Å². The highest BCUT2D eigenvalue weighted by Gasteiger charge is 2.52. The molecule has 3 aliphatic rings.